The van der Waals surface area contributed by atoms with Gasteiger partial charge in [-0.1, -0.05) is 45.0 Å². The summed E-state index contributed by atoms with van der Waals surface area (Å²) in [5.41, 5.74) is 3.10. The summed E-state index contributed by atoms with van der Waals surface area (Å²) in [6.07, 6.45) is 2.85. The van der Waals surface area contributed by atoms with E-state index in [1.165, 1.54) is 11.1 Å². The second-order valence-electron chi connectivity index (χ2n) is 7.78. The van der Waals surface area contributed by atoms with E-state index in [2.05, 4.69) is 50.4 Å². The first-order valence-electron chi connectivity index (χ1n) is 8.01. The number of carbonyl (C=O) groups is 1. The summed E-state index contributed by atoms with van der Waals surface area (Å²) in [7, 11) is 0. The minimum absolute atomic E-state index is 0.175. The maximum absolute atomic E-state index is 12.1. The van der Waals surface area contributed by atoms with Crippen LogP contribution < -0.4 is 5.32 Å². The van der Waals surface area contributed by atoms with E-state index in [4.69, 9.17) is 0 Å². The zero-order chi connectivity index (χ0) is 15.0. The van der Waals surface area contributed by atoms with Crippen molar-refractivity contribution in [2.75, 3.05) is 13.1 Å². The van der Waals surface area contributed by atoms with Gasteiger partial charge in [0.05, 0.1) is 0 Å². The molecule has 0 saturated carbocycles. The normalized spacial score (nSPS) is 22.9. The van der Waals surface area contributed by atoms with Gasteiger partial charge in [0, 0.05) is 31.6 Å². The zero-order valence-corrected chi connectivity index (χ0v) is 13.4. The highest BCUT2D eigenvalue weighted by molar-refractivity contribution is 5.79. The zero-order valence-electron chi connectivity index (χ0n) is 13.4. The van der Waals surface area contributed by atoms with E-state index in [0.717, 1.165) is 25.9 Å². The highest BCUT2D eigenvalue weighted by Crippen LogP contribution is 2.24. The Kier molecular flexibility index (Phi) is 3.78. The Bertz CT molecular complexity index is 507. The van der Waals surface area contributed by atoms with Crippen LogP contribution in [0.3, 0.4) is 0 Å². The van der Waals surface area contributed by atoms with Gasteiger partial charge in [-0.3, -0.25) is 4.79 Å². The molecule has 1 atom stereocenters. The number of nitrogens with zero attached hydrogens (tertiary/aromatic N) is 1. The van der Waals surface area contributed by atoms with Crippen LogP contribution in [0.1, 0.15) is 38.3 Å². The number of carbonyl (C=O) groups excluding carboxylic acids is 1. The topological polar surface area (TPSA) is 32.3 Å². The first-order valence-corrected chi connectivity index (χ1v) is 8.01. The fourth-order valence-corrected chi connectivity index (χ4v) is 3.62. The molecule has 1 aliphatic carbocycles. The second-order valence-corrected chi connectivity index (χ2v) is 7.78. The van der Waals surface area contributed by atoms with Gasteiger partial charge < -0.3 is 10.2 Å². The van der Waals surface area contributed by atoms with E-state index >= 15 is 0 Å². The Labute approximate surface area is 127 Å². The minimum atomic E-state index is 0.175. The van der Waals surface area contributed by atoms with Gasteiger partial charge in [0.25, 0.3) is 0 Å². The summed E-state index contributed by atoms with van der Waals surface area (Å²) >= 11 is 0. The van der Waals surface area contributed by atoms with Crippen LogP contribution in [-0.2, 0) is 17.6 Å². The van der Waals surface area contributed by atoms with Gasteiger partial charge in [-0.05, 0) is 29.4 Å². The molecule has 1 aliphatic heterocycles. The van der Waals surface area contributed by atoms with Gasteiger partial charge in [-0.15, -0.1) is 0 Å². The Morgan fingerprint density at radius 1 is 1.10 bits per heavy atom. The molecule has 1 saturated heterocycles. The van der Waals surface area contributed by atoms with Crippen LogP contribution in [0.15, 0.2) is 24.3 Å². The second kappa shape index (κ2) is 5.45. The number of amides is 1. The molecule has 0 unspecified atom stereocenters. The molecule has 3 nitrogen and oxygen atoms in total. The first-order chi connectivity index (χ1) is 9.90. The molecular formula is C18H26N2O. The Balaban J connectivity index is 1.55. The van der Waals surface area contributed by atoms with Gasteiger partial charge in [-0.25, -0.2) is 0 Å². The summed E-state index contributed by atoms with van der Waals surface area (Å²) in [5, 5.41) is 3.71. The van der Waals surface area contributed by atoms with Crippen LogP contribution in [0.4, 0.5) is 0 Å². The number of likely N-dealkylation sites (tertiary alicyclic amines) is 1. The van der Waals surface area contributed by atoms with Crippen LogP contribution >= 0.6 is 0 Å². The number of benzene rings is 1. The molecule has 0 bridgehead atoms. The van der Waals surface area contributed by atoms with Crippen molar-refractivity contribution < 1.29 is 4.79 Å². The van der Waals surface area contributed by atoms with Gasteiger partial charge in [-0.2, -0.15) is 0 Å². The van der Waals surface area contributed by atoms with Crippen molar-refractivity contribution in [3.8, 4) is 0 Å². The van der Waals surface area contributed by atoms with Gasteiger partial charge in [0.15, 0.2) is 0 Å². The van der Waals surface area contributed by atoms with E-state index in [9.17, 15) is 4.79 Å². The highest BCUT2D eigenvalue weighted by Gasteiger charge is 2.34. The van der Waals surface area contributed by atoms with Gasteiger partial charge >= 0.3 is 0 Å². The highest BCUT2D eigenvalue weighted by atomic mass is 16.2. The first kappa shape index (κ1) is 14.6. The third-order valence-corrected chi connectivity index (χ3v) is 4.40. The molecule has 0 radical (unpaired) electrons. The van der Waals surface area contributed by atoms with Crippen molar-refractivity contribution in [2.24, 2.45) is 5.41 Å². The Morgan fingerprint density at radius 3 is 2.29 bits per heavy atom. The molecule has 21 heavy (non-hydrogen) atoms. The number of nitrogens with one attached hydrogen (secondary N) is 1. The van der Waals surface area contributed by atoms with Crippen LogP contribution in [0.5, 0.6) is 0 Å². The number of hydrogen-bond acceptors (Lipinski definition) is 2. The van der Waals surface area contributed by atoms with Gasteiger partial charge in [0.2, 0.25) is 5.91 Å². The molecular weight excluding hydrogens is 260 g/mol. The van der Waals surface area contributed by atoms with E-state index in [1.807, 2.05) is 4.90 Å². The predicted octanol–water partition coefficient (Wildman–Crippen LogP) is 2.39. The van der Waals surface area contributed by atoms with E-state index in [1.54, 1.807) is 0 Å². The fourth-order valence-electron chi connectivity index (χ4n) is 3.62. The Morgan fingerprint density at radius 2 is 1.71 bits per heavy atom. The summed E-state index contributed by atoms with van der Waals surface area (Å²) in [6.45, 7) is 8.29. The van der Waals surface area contributed by atoms with Crippen molar-refractivity contribution >= 4 is 5.91 Å². The van der Waals surface area contributed by atoms with E-state index < -0.39 is 0 Å². The molecule has 0 spiro atoms. The monoisotopic (exact) mass is 286 g/mol. The fraction of sp³-hybridized carbons (Fsp3) is 0.611. The molecule has 1 heterocycles. The summed E-state index contributed by atoms with van der Waals surface area (Å²) in [6, 6.07) is 9.50. The largest absolute Gasteiger partial charge is 0.341 e. The van der Waals surface area contributed by atoms with Crippen molar-refractivity contribution in [2.45, 2.75) is 52.1 Å². The van der Waals surface area contributed by atoms with Crippen LogP contribution in [-0.4, -0.2) is 36.0 Å². The van der Waals surface area contributed by atoms with Crippen LogP contribution in [0.25, 0.3) is 0 Å². The van der Waals surface area contributed by atoms with Crippen molar-refractivity contribution in [3.63, 3.8) is 0 Å². The van der Waals surface area contributed by atoms with Crippen LogP contribution in [0.2, 0.25) is 0 Å². The molecule has 1 aromatic carbocycles. The summed E-state index contributed by atoms with van der Waals surface area (Å²) in [5.74, 6) is 0.304. The summed E-state index contributed by atoms with van der Waals surface area (Å²) in [4.78, 5) is 14.2. The molecule has 1 N–H and O–H groups in total. The van der Waals surface area contributed by atoms with E-state index in [0.29, 0.717) is 24.4 Å². The SMILES string of the molecule is CC(C)(C)CN1C[C@@H](NC2Cc3ccccc3C2)CC1=O. The van der Waals surface area contributed by atoms with Crippen LogP contribution in [0, 0.1) is 5.41 Å². The average molecular weight is 286 g/mol. The molecule has 1 amide bonds. The van der Waals surface area contributed by atoms with Crippen molar-refractivity contribution in [3.05, 3.63) is 35.4 Å². The molecule has 3 rings (SSSR count). The minimum Gasteiger partial charge on any atom is -0.341 e. The smallest absolute Gasteiger partial charge is 0.224 e. The number of fused-ring (bicyclic) bond motifs is 1. The number of rotatable bonds is 3. The third kappa shape index (κ3) is 3.46. The molecule has 0 aromatic heterocycles. The average Bonchev–Trinajstić information content (AvgIpc) is 2.91. The predicted molar refractivity (Wildman–Crippen MR) is 85.2 cm³/mol. The lowest BCUT2D eigenvalue weighted by atomic mass is 9.96. The molecule has 3 heteroatoms. The quantitative estimate of drug-likeness (QED) is 0.925. The number of hydrogen-bond donors (Lipinski definition) is 1. The summed E-state index contributed by atoms with van der Waals surface area (Å²) < 4.78 is 0. The van der Waals surface area contributed by atoms with E-state index in [-0.39, 0.29) is 5.41 Å². The molecule has 1 aromatic rings. The third-order valence-electron chi connectivity index (χ3n) is 4.40. The Hall–Kier alpha value is -1.35. The maximum atomic E-state index is 12.1. The lowest BCUT2D eigenvalue weighted by Gasteiger charge is -2.27. The van der Waals surface area contributed by atoms with Crippen molar-refractivity contribution in [1.29, 1.82) is 0 Å². The molecule has 114 valence electrons. The maximum Gasteiger partial charge on any atom is 0.224 e. The van der Waals surface area contributed by atoms with Gasteiger partial charge in [0.1, 0.15) is 0 Å². The molecule has 2 aliphatic rings. The lowest BCUT2D eigenvalue weighted by Crippen LogP contribution is -2.41. The van der Waals surface area contributed by atoms with Crippen molar-refractivity contribution in [1.82, 2.24) is 10.2 Å². The lowest BCUT2D eigenvalue weighted by molar-refractivity contribution is -0.128. The molecule has 1 fully saturated rings. The standard InChI is InChI=1S/C18H26N2O/c1-18(2,3)12-20-11-16(10-17(20)21)19-15-8-13-6-4-5-7-14(13)9-15/h4-7,15-16,19H,8-12H2,1-3H3/t16-/m0/s1.